The van der Waals surface area contributed by atoms with Crippen molar-refractivity contribution in [1.82, 2.24) is 24.9 Å². The Morgan fingerprint density at radius 1 is 0.279 bits per heavy atom. The maximum atomic E-state index is 9.29. The molecule has 0 aliphatic heterocycles. The molecule has 0 bridgehead atoms. The van der Waals surface area contributed by atoms with Gasteiger partial charge < -0.3 is 102 Å². The predicted octanol–water partition coefficient (Wildman–Crippen LogP) is 21.5. The first kappa shape index (κ1) is 125. The van der Waals surface area contributed by atoms with Gasteiger partial charge in [0.1, 0.15) is 59.8 Å². The molecule has 0 unspecified atom stereocenters. The lowest BCUT2D eigenvalue weighted by molar-refractivity contribution is 0.114. The lowest BCUT2D eigenvalue weighted by atomic mass is 9.94. The van der Waals surface area contributed by atoms with Gasteiger partial charge in [0.15, 0.2) is 29.5 Å². The van der Waals surface area contributed by atoms with E-state index >= 15 is 0 Å². The first-order valence-corrected chi connectivity index (χ1v) is 51.8. The van der Waals surface area contributed by atoms with Crippen LogP contribution in [0.25, 0.3) is 56.3 Å². The molecule has 1 saturated carbocycles. The van der Waals surface area contributed by atoms with Crippen molar-refractivity contribution in [3.05, 3.63) is 331 Å². The summed E-state index contributed by atoms with van der Waals surface area (Å²) >= 11 is 8.48. The van der Waals surface area contributed by atoms with Gasteiger partial charge in [0.2, 0.25) is 0 Å². The molecule has 0 saturated heterocycles. The minimum Gasteiger partial charge on any atom is -0.449 e. The van der Waals surface area contributed by atoms with Crippen LogP contribution in [-0.2, 0) is 44.9 Å². The zero-order valence-electron chi connectivity index (χ0n) is 83.0. The van der Waals surface area contributed by atoms with E-state index in [9.17, 15) is 51.1 Å². The maximum Gasteiger partial charge on any atom is 0.197 e. The molecular formula is C112H137Cl5N10O15S5. The second-order valence-corrected chi connectivity index (χ2v) is 42.2. The number of aliphatic hydroxyl groups is 10. The number of nitrogens with zero attached hydrogens (tertiary/aromatic N) is 5. The Bertz CT molecular complexity index is 6090. The van der Waals surface area contributed by atoms with Crippen molar-refractivity contribution in [3.63, 3.8) is 0 Å². The predicted molar refractivity (Wildman–Crippen MR) is 600 cm³/mol. The van der Waals surface area contributed by atoms with Crippen molar-refractivity contribution in [2.75, 3.05) is 66.1 Å². The van der Waals surface area contributed by atoms with Gasteiger partial charge in [0, 0.05) is 108 Å². The van der Waals surface area contributed by atoms with Gasteiger partial charge in [-0.05, 0) is 233 Å². The number of benzene rings is 10. The number of oxazole rings is 5. The molecule has 5 heterocycles. The van der Waals surface area contributed by atoms with Crippen LogP contribution in [-0.4, -0.2) is 170 Å². The zero-order valence-corrected chi connectivity index (χ0v) is 91.2. The molecule has 15 aromatic rings. The van der Waals surface area contributed by atoms with Crippen LogP contribution < -0.4 is 28.7 Å². The van der Waals surface area contributed by atoms with Crippen molar-refractivity contribution in [3.8, 4) is 56.3 Å². The van der Waals surface area contributed by atoms with Crippen molar-refractivity contribution < 1.29 is 73.2 Å². The number of hydrogen-bond donors (Lipinski definition) is 15. The number of hydrogen-bond acceptors (Lipinski definition) is 30. The average Bonchev–Trinajstić information content (AvgIpc) is 1.66. The van der Waals surface area contributed by atoms with E-state index in [1.54, 1.807) is 90.1 Å². The van der Waals surface area contributed by atoms with E-state index in [-0.39, 0.29) is 134 Å². The number of nitrogens with two attached hydrogens (primary N) is 5. The van der Waals surface area contributed by atoms with E-state index in [4.69, 9.17) is 50.8 Å². The third-order valence-corrected chi connectivity index (χ3v) is 29.3. The second-order valence-electron chi connectivity index (χ2n) is 36.4. The van der Waals surface area contributed by atoms with Crippen molar-refractivity contribution in [2.45, 2.75) is 219 Å². The molecular weight excluding hydrogens is 2060 g/mol. The highest BCUT2D eigenvalue weighted by Crippen LogP contribution is 2.42. The Morgan fingerprint density at radius 2 is 0.497 bits per heavy atom. The summed E-state index contributed by atoms with van der Waals surface area (Å²) in [5, 5.41) is 92.9. The van der Waals surface area contributed by atoms with Crippen LogP contribution in [0.5, 0.6) is 0 Å². The van der Waals surface area contributed by atoms with Gasteiger partial charge in [-0.2, -0.15) is 0 Å². The summed E-state index contributed by atoms with van der Waals surface area (Å²) in [6, 6.07) is 82.9. The Kier molecular flexibility index (Phi) is 52.6. The number of aryl methyl sites for hydroxylation is 8. The van der Waals surface area contributed by atoms with Gasteiger partial charge in [0.05, 0.1) is 93.8 Å². The summed E-state index contributed by atoms with van der Waals surface area (Å²) in [6.07, 6.45) is 19.8. The summed E-state index contributed by atoms with van der Waals surface area (Å²) in [5.74, 6) is 4.61. The SMILES string of the molecule is CC(C)c1nc(-c2ccc(Sc3ccc(CCC(N)(CO)CO)cc3)cc2)co1.CCCc1nc(-c2ccc(Sc3ccc(CCC(N)(CO)CO)cc3)cc2)co1.CCc1nc(-c2ccc(Sc3ccc(CCC(N)(CO)CO)cc3)cc2)co1.Cc1nc(-c2ccc(Sc3ccc(CCC(N)(CO)CO)cc3)cc2)co1.Cl.Cl.Cl.Cl.Cl.NC(CO)(CO)CCc1ccc(Sc2ccc(-c3coc(C4CC4)n3)cc2)cc1. The van der Waals surface area contributed by atoms with Gasteiger partial charge >= 0.3 is 0 Å². The molecule has 1 aliphatic carbocycles. The largest absolute Gasteiger partial charge is 0.449 e. The molecule has 147 heavy (non-hydrogen) atoms. The lowest BCUT2D eigenvalue weighted by Crippen LogP contribution is -2.47. The minimum absolute atomic E-state index is 0. The molecule has 0 amide bonds. The van der Waals surface area contributed by atoms with E-state index in [1.165, 1.54) is 12.8 Å². The fraction of sp³-hybridized carbons (Fsp3) is 0.330. The van der Waals surface area contributed by atoms with Gasteiger partial charge in [-0.1, -0.05) is 208 Å². The van der Waals surface area contributed by atoms with Crippen LogP contribution >= 0.6 is 121 Å². The molecule has 5 aromatic heterocycles. The molecule has 16 rings (SSSR count). The summed E-state index contributed by atoms with van der Waals surface area (Å²) < 4.78 is 27.3. The van der Waals surface area contributed by atoms with Gasteiger partial charge in [-0.15, -0.1) is 62.0 Å². The standard InChI is InChI=1S/C23H26N2O3S.2C23H28N2O3S.C22H26N2O3S.C21H24N2O3S.5ClH/c24-23(14-26,15-27)12-11-16-1-7-19(8-2-16)29-20-9-5-17(6-10-20)21-13-28-22(25-21)18-3-4-18;1-16(2)22-25-21(13-28-22)18-5-9-20(10-6-18)29-19-7-3-17(4-8-19)11-12-23(24,14-26)15-27;1-2-3-22-25-21(14-28-22)18-6-10-20(11-7-18)29-19-8-4-17(5-9-19)12-13-23(24,15-26)16-27;1-2-21-24-20(13-27-21)17-5-9-19(10-6-17)28-18-7-3-16(4-8-18)11-12-22(23,14-25)15-26;1-15-23-20(12-26-15)17-4-8-19(9-5-17)27-18-6-2-16(3-7-18)10-11-21(22,13-24)14-25;;;;;/h1-2,5-10,13,18,26-27H,3-4,11-12,14-15,24H2;3-10,13,16,26-27H,11-12,14-15,24H2,1-2H3;4-11,14,26-27H,2-3,12-13,15-16,24H2,1H3;3-10,13,25-26H,2,11-12,14-15,23H2,1H3;2-9,12,24-25H,10-11,13-14,22H2,1H3;5*1H. The summed E-state index contributed by atoms with van der Waals surface area (Å²) in [5.41, 5.74) is 40.3. The Hall–Kier alpha value is -9.15. The molecule has 25 nitrogen and oxygen atoms in total. The minimum atomic E-state index is -0.922. The van der Waals surface area contributed by atoms with Crippen LogP contribution in [0.15, 0.2) is 345 Å². The summed E-state index contributed by atoms with van der Waals surface area (Å²) in [4.78, 5) is 34.0. The van der Waals surface area contributed by atoms with E-state index in [2.05, 4.69) is 276 Å². The highest BCUT2D eigenvalue weighted by atomic mass is 35.5. The summed E-state index contributed by atoms with van der Waals surface area (Å²) in [7, 11) is 0. The van der Waals surface area contributed by atoms with Gasteiger partial charge in [0.25, 0.3) is 0 Å². The Morgan fingerprint density at radius 3 is 0.714 bits per heavy atom. The highest BCUT2D eigenvalue weighted by molar-refractivity contribution is 8.00. The smallest absolute Gasteiger partial charge is 0.197 e. The van der Waals surface area contributed by atoms with Crippen molar-refractivity contribution in [1.29, 1.82) is 0 Å². The monoisotopic (exact) mass is 2200 g/mol. The Balaban J connectivity index is 0.000000247. The molecule has 1 aliphatic rings. The van der Waals surface area contributed by atoms with E-state index in [1.807, 2.05) is 26.0 Å². The van der Waals surface area contributed by atoms with Gasteiger partial charge in [-0.3, -0.25) is 0 Å². The first-order chi connectivity index (χ1) is 68.6. The van der Waals surface area contributed by atoms with Crippen LogP contribution in [0.3, 0.4) is 0 Å². The number of aliphatic hydroxyl groups excluding tert-OH is 10. The van der Waals surface area contributed by atoms with Crippen LogP contribution in [0.2, 0.25) is 0 Å². The molecule has 35 heteroatoms. The third-order valence-electron chi connectivity index (χ3n) is 24.2. The average molecular weight is 2200 g/mol. The zero-order chi connectivity index (χ0) is 101. The normalized spacial score (nSPS) is 11.9. The van der Waals surface area contributed by atoms with E-state index < -0.39 is 27.7 Å². The second kappa shape index (κ2) is 62.0. The van der Waals surface area contributed by atoms with Gasteiger partial charge in [-0.25, -0.2) is 24.9 Å². The van der Waals surface area contributed by atoms with E-state index in [0.29, 0.717) is 63.2 Å². The molecule has 0 radical (unpaired) electrons. The van der Waals surface area contributed by atoms with Crippen LogP contribution in [0, 0.1) is 6.92 Å². The number of aromatic nitrogens is 5. The van der Waals surface area contributed by atoms with Crippen LogP contribution in [0.1, 0.15) is 148 Å². The van der Waals surface area contributed by atoms with Crippen molar-refractivity contribution in [2.24, 2.45) is 28.7 Å². The Labute approximate surface area is 913 Å². The fourth-order valence-electron chi connectivity index (χ4n) is 14.3. The maximum absolute atomic E-state index is 9.29. The molecule has 20 N–H and O–H groups in total. The molecule has 10 aromatic carbocycles. The quantitative estimate of drug-likeness (QED) is 0.0168. The molecule has 0 atom stereocenters. The van der Waals surface area contributed by atoms with Crippen LogP contribution in [0.4, 0.5) is 0 Å². The fourth-order valence-corrected chi connectivity index (χ4v) is 18.4. The topological polar surface area (TPSA) is 463 Å². The third kappa shape index (κ3) is 39.2. The van der Waals surface area contributed by atoms with E-state index in [0.717, 1.165) is 189 Å². The molecule has 790 valence electrons. The molecule has 1 fully saturated rings. The van der Waals surface area contributed by atoms with Crippen molar-refractivity contribution >= 4 is 121 Å². The summed E-state index contributed by atoms with van der Waals surface area (Å²) in [6.45, 7) is 7.88. The number of halogens is 5. The molecule has 0 spiro atoms. The lowest BCUT2D eigenvalue weighted by Gasteiger charge is -2.24. The highest BCUT2D eigenvalue weighted by Gasteiger charge is 2.30. The first-order valence-electron chi connectivity index (χ1n) is 47.7. The number of rotatable bonds is 45.